The van der Waals surface area contributed by atoms with Crippen LogP contribution in [0.15, 0.2) is 18.3 Å². The number of amides is 2. The Morgan fingerprint density at radius 3 is 2.77 bits per heavy atom. The van der Waals surface area contributed by atoms with Crippen LogP contribution in [0.25, 0.3) is 0 Å². The Hall–Kier alpha value is -1.97. The van der Waals surface area contributed by atoms with Gasteiger partial charge in [0.2, 0.25) is 11.8 Å². The van der Waals surface area contributed by atoms with Crippen LogP contribution in [-0.4, -0.2) is 52.7 Å². The van der Waals surface area contributed by atoms with E-state index in [0.29, 0.717) is 18.0 Å². The molecule has 2 heterocycles. The first-order chi connectivity index (χ1) is 10.3. The van der Waals surface area contributed by atoms with Gasteiger partial charge in [0.05, 0.1) is 11.9 Å². The molecule has 2 amide bonds. The number of nitrogens with one attached hydrogen (secondary N) is 1. The van der Waals surface area contributed by atoms with Gasteiger partial charge in [0.1, 0.15) is 6.54 Å². The van der Waals surface area contributed by atoms with Crippen LogP contribution < -0.4 is 10.1 Å². The monoisotopic (exact) mass is 335 g/mol. The van der Waals surface area contributed by atoms with E-state index < -0.39 is 18.7 Å². The second-order valence-corrected chi connectivity index (χ2v) is 5.42. The Morgan fingerprint density at radius 1 is 1.45 bits per heavy atom. The minimum Gasteiger partial charge on any atom is -0.468 e. The molecule has 1 aromatic heterocycles. The van der Waals surface area contributed by atoms with Gasteiger partial charge < -0.3 is 15.0 Å². The normalized spacial score (nSPS) is 15.0. The molecule has 0 radical (unpaired) electrons. The number of hydrogen-bond donors (Lipinski definition) is 1. The summed E-state index contributed by atoms with van der Waals surface area (Å²) in [6.07, 6.45) is -3.25. The van der Waals surface area contributed by atoms with Crippen LogP contribution in [0.2, 0.25) is 0 Å². The predicted molar refractivity (Wildman–Crippen MR) is 73.8 cm³/mol. The summed E-state index contributed by atoms with van der Waals surface area (Å²) in [6, 6.07) is 2.59. The number of ether oxygens (including phenoxy) is 1. The highest BCUT2D eigenvalue weighted by Gasteiger charge is 2.28. The van der Waals surface area contributed by atoms with E-state index in [0.717, 1.165) is 11.8 Å². The highest BCUT2D eigenvalue weighted by atomic mass is 32.2. The topological polar surface area (TPSA) is 71.5 Å². The van der Waals surface area contributed by atoms with Crippen molar-refractivity contribution in [3.05, 3.63) is 18.3 Å². The molecule has 0 aromatic carbocycles. The molecule has 1 aromatic rings. The molecule has 0 bridgehead atoms. The number of carbonyl (C=O) groups is 2. The number of thioether (sulfide) groups is 1. The molecule has 0 atom stereocenters. The molecular weight excluding hydrogens is 323 g/mol. The molecule has 6 nitrogen and oxygen atoms in total. The number of carbonyl (C=O) groups excluding carboxylic acids is 2. The average Bonchev–Trinajstić information content (AvgIpc) is 2.82. The maximum atomic E-state index is 12.0. The first-order valence-corrected chi connectivity index (χ1v) is 7.19. The average molecular weight is 335 g/mol. The van der Waals surface area contributed by atoms with Gasteiger partial charge in [-0.1, -0.05) is 11.8 Å². The van der Waals surface area contributed by atoms with Gasteiger partial charge in [-0.2, -0.15) is 13.2 Å². The van der Waals surface area contributed by atoms with Gasteiger partial charge in [-0.15, -0.1) is 0 Å². The number of alkyl halides is 3. The summed E-state index contributed by atoms with van der Waals surface area (Å²) in [5.41, 5.74) is 0.309. The van der Waals surface area contributed by atoms with Gasteiger partial charge in [-0.3, -0.25) is 9.59 Å². The van der Waals surface area contributed by atoms with Crippen LogP contribution in [0, 0.1) is 0 Å². The molecule has 0 spiro atoms. The lowest BCUT2D eigenvalue weighted by molar-refractivity contribution is -0.154. The minimum absolute atomic E-state index is 0.0713. The fourth-order valence-corrected chi connectivity index (χ4v) is 2.46. The maximum absolute atomic E-state index is 12.0. The van der Waals surface area contributed by atoms with Crippen LogP contribution in [0.3, 0.4) is 0 Å². The molecule has 1 saturated heterocycles. The Kier molecular flexibility index (Phi) is 5.11. The molecule has 2 rings (SSSR count). The van der Waals surface area contributed by atoms with Gasteiger partial charge in [0.15, 0.2) is 6.61 Å². The van der Waals surface area contributed by atoms with Crippen LogP contribution in [0.4, 0.5) is 23.7 Å². The standard InChI is InChI=1S/C12H12F3N3O3S/c13-12(14,15)7-21-10-2-1-8(5-16-10)17-9(19)6-18-3-4-22-11(18)20/h1-2,5H,3-4,6-7H2,(H,17,19). The van der Waals surface area contributed by atoms with Crippen molar-refractivity contribution in [2.45, 2.75) is 6.18 Å². The fourth-order valence-electron chi connectivity index (χ4n) is 1.64. The Labute approximate surface area is 128 Å². The third kappa shape index (κ3) is 5.10. The molecule has 0 unspecified atom stereocenters. The number of anilines is 1. The molecule has 1 aliphatic heterocycles. The summed E-state index contributed by atoms with van der Waals surface area (Å²) in [4.78, 5) is 28.2. The third-order valence-corrected chi connectivity index (χ3v) is 3.48. The zero-order valence-electron chi connectivity index (χ0n) is 11.2. The van der Waals surface area contributed by atoms with Crippen molar-refractivity contribution in [3.63, 3.8) is 0 Å². The van der Waals surface area contributed by atoms with Crippen molar-refractivity contribution in [1.29, 1.82) is 0 Å². The minimum atomic E-state index is -4.44. The lowest BCUT2D eigenvalue weighted by Gasteiger charge is -2.14. The molecule has 1 N–H and O–H groups in total. The van der Waals surface area contributed by atoms with E-state index in [-0.39, 0.29) is 17.7 Å². The highest BCUT2D eigenvalue weighted by Crippen LogP contribution is 2.19. The number of halogens is 3. The summed E-state index contributed by atoms with van der Waals surface area (Å²) in [5.74, 6) is 0.0573. The molecule has 1 aliphatic rings. The van der Waals surface area contributed by atoms with Gasteiger partial charge in [-0.05, 0) is 6.07 Å². The molecule has 22 heavy (non-hydrogen) atoms. The van der Waals surface area contributed by atoms with Crippen molar-refractivity contribution in [2.24, 2.45) is 0 Å². The fraction of sp³-hybridized carbons (Fsp3) is 0.417. The van der Waals surface area contributed by atoms with E-state index in [4.69, 9.17) is 0 Å². The largest absolute Gasteiger partial charge is 0.468 e. The quantitative estimate of drug-likeness (QED) is 0.892. The summed E-state index contributed by atoms with van der Waals surface area (Å²) in [6.45, 7) is -0.988. The molecule has 0 aliphatic carbocycles. The Balaban J connectivity index is 1.83. The van der Waals surface area contributed by atoms with Crippen molar-refractivity contribution < 1.29 is 27.5 Å². The lowest BCUT2D eigenvalue weighted by atomic mass is 10.4. The number of pyridine rings is 1. The van der Waals surface area contributed by atoms with Crippen LogP contribution in [0.5, 0.6) is 5.88 Å². The molecule has 120 valence electrons. The van der Waals surface area contributed by atoms with E-state index >= 15 is 0 Å². The van der Waals surface area contributed by atoms with Crippen LogP contribution in [-0.2, 0) is 4.79 Å². The number of rotatable bonds is 5. The zero-order chi connectivity index (χ0) is 16.2. The SMILES string of the molecule is O=C(CN1CCSC1=O)Nc1ccc(OCC(F)(F)F)nc1. The zero-order valence-corrected chi connectivity index (χ0v) is 12.0. The Morgan fingerprint density at radius 2 is 2.23 bits per heavy atom. The number of aromatic nitrogens is 1. The van der Waals surface area contributed by atoms with E-state index in [1.165, 1.54) is 23.2 Å². The van der Waals surface area contributed by atoms with Crippen molar-refractivity contribution in [2.75, 3.05) is 30.8 Å². The summed E-state index contributed by atoms with van der Waals surface area (Å²) < 4.78 is 40.4. The Bertz CT molecular complexity index is 551. The van der Waals surface area contributed by atoms with Crippen molar-refractivity contribution in [3.8, 4) is 5.88 Å². The van der Waals surface area contributed by atoms with Gasteiger partial charge in [0.25, 0.3) is 5.24 Å². The van der Waals surface area contributed by atoms with Gasteiger partial charge >= 0.3 is 6.18 Å². The maximum Gasteiger partial charge on any atom is 0.422 e. The second kappa shape index (κ2) is 6.86. The molecule has 10 heteroatoms. The summed E-state index contributed by atoms with van der Waals surface area (Å²) in [7, 11) is 0. The van der Waals surface area contributed by atoms with E-state index in [1.807, 2.05) is 0 Å². The smallest absolute Gasteiger partial charge is 0.422 e. The van der Waals surface area contributed by atoms with Crippen molar-refractivity contribution >= 4 is 28.6 Å². The number of nitrogens with zero attached hydrogens (tertiary/aromatic N) is 2. The first-order valence-electron chi connectivity index (χ1n) is 6.21. The predicted octanol–water partition coefficient (Wildman–Crippen LogP) is 2.13. The highest BCUT2D eigenvalue weighted by molar-refractivity contribution is 8.13. The van der Waals surface area contributed by atoms with Crippen LogP contribution >= 0.6 is 11.8 Å². The van der Waals surface area contributed by atoms with E-state index in [1.54, 1.807) is 0 Å². The van der Waals surface area contributed by atoms with E-state index in [9.17, 15) is 22.8 Å². The molecular formula is C12H12F3N3O3S. The summed E-state index contributed by atoms with van der Waals surface area (Å²) in [5, 5.41) is 2.36. The van der Waals surface area contributed by atoms with Gasteiger partial charge in [-0.25, -0.2) is 4.98 Å². The van der Waals surface area contributed by atoms with Crippen LogP contribution in [0.1, 0.15) is 0 Å². The number of hydrogen-bond acceptors (Lipinski definition) is 5. The third-order valence-electron chi connectivity index (χ3n) is 2.58. The van der Waals surface area contributed by atoms with Gasteiger partial charge in [0, 0.05) is 18.4 Å². The molecule has 1 fully saturated rings. The van der Waals surface area contributed by atoms with E-state index in [2.05, 4.69) is 15.0 Å². The lowest BCUT2D eigenvalue weighted by Crippen LogP contribution is -2.33. The van der Waals surface area contributed by atoms with Crippen molar-refractivity contribution in [1.82, 2.24) is 9.88 Å². The second-order valence-electron chi connectivity index (χ2n) is 4.37. The summed E-state index contributed by atoms with van der Waals surface area (Å²) >= 11 is 1.15. The molecule has 0 saturated carbocycles. The first kappa shape index (κ1) is 16.4.